The second-order valence-electron chi connectivity index (χ2n) is 8.25. The predicted molar refractivity (Wildman–Crippen MR) is 133 cm³/mol. The van der Waals surface area contributed by atoms with E-state index in [4.69, 9.17) is 4.74 Å². The van der Waals surface area contributed by atoms with Gasteiger partial charge in [0, 0.05) is 49.8 Å². The molecule has 3 aromatic rings. The Balaban J connectivity index is 1.51. The largest absolute Gasteiger partial charge is 0.382 e. The molecule has 0 atom stereocenters. The lowest BCUT2D eigenvalue weighted by molar-refractivity contribution is 0.0943. The molecule has 0 bridgehead atoms. The van der Waals surface area contributed by atoms with Crippen LogP contribution in [0.4, 0.5) is 11.4 Å². The first-order valence-corrected chi connectivity index (χ1v) is 11.7. The van der Waals surface area contributed by atoms with E-state index in [0.29, 0.717) is 36.6 Å². The summed E-state index contributed by atoms with van der Waals surface area (Å²) in [5.74, 6) is -0.326. The topological polar surface area (TPSA) is 70.7 Å². The quantitative estimate of drug-likeness (QED) is 0.462. The van der Waals surface area contributed by atoms with Crippen LogP contribution in [-0.4, -0.2) is 44.7 Å². The molecule has 2 N–H and O–H groups in total. The number of nitrogens with one attached hydrogen (secondary N) is 2. The zero-order valence-electron chi connectivity index (χ0n) is 19.1. The normalized spacial score (nSPS) is 13.3. The van der Waals surface area contributed by atoms with Crippen LogP contribution < -0.4 is 15.5 Å². The SMILES string of the molecule is CCOCCCNC(=O)c1cc(NC(=O)c2ccc3ccccc3c2)ccc1N1CCCC1. The van der Waals surface area contributed by atoms with Crippen molar-refractivity contribution in [3.63, 3.8) is 0 Å². The molecule has 33 heavy (non-hydrogen) atoms. The van der Waals surface area contributed by atoms with Gasteiger partial charge < -0.3 is 20.3 Å². The average Bonchev–Trinajstić information content (AvgIpc) is 3.38. The summed E-state index contributed by atoms with van der Waals surface area (Å²) in [6.07, 6.45) is 3.00. The molecule has 0 radical (unpaired) electrons. The van der Waals surface area contributed by atoms with Gasteiger partial charge in [0.1, 0.15) is 0 Å². The van der Waals surface area contributed by atoms with Crippen LogP contribution in [0.15, 0.2) is 60.7 Å². The number of carbonyl (C=O) groups excluding carboxylic acids is 2. The van der Waals surface area contributed by atoms with E-state index >= 15 is 0 Å². The maximum atomic E-state index is 13.0. The number of carbonyl (C=O) groups is 2. The predicted octanol–water partition coefficient (Wildman–Crippen LogP) is 4.85. The Morgan fingerprint density at radius 3 is 2.52 bits per heavy atom. The Morgan fingerprint density at radius 2 is 1.73 bits per heavy atom. The van der Waals surface area contributed by atoms with Gasteiger partial charge in [0.2, 0.25) is 0 Å². The van der Waals surface area contributed by atoms with Crippen molar-refractivity contribution in [1.29, 1.82) is 0 Å². The Kier molecular flexibility index (Phi) is 7.58. The molecule has 172 valence electrons. The lowest BCUT2D eigenvalue weighted by Gasteiger charge is -2.22. The summed E-state index contributed by atoms with van der Waals surface area (Å²) >= 11 is 0. The summed E-state index contributed by atoms with van der Waals surface area (Å²) in [5, 5.41) is 8.06. The molecular weight excluding hydrogens is 414 g/mol. The Labute approximate surface area is 194 Å². The molecule has 0 aliphatic carbocycles. The van der Waals surface area contributed by atoms with Gasteiger partial charge in [-0.2, -0.15) is 0 Å². The van der Waals surface area contributed by atoms with Gasteiger partial charge in [-0.15, -0.1) is 0 Å². The number of hydrogen-bond acceptors (Lipinski definition) is 4. The van der Waals surface area contributed by atoms with Crippen LogP contribution in [0.25, 0.3) is 10.8 Å². The Hall–Kier alpha value is -3.38. The van der Waals surface area contributed by atoms with Crippen molar-refractivity contribution in [3.05, 3.63) is 71.8 Å². The highest BCUT2D eigenvalue weighted by molar-refractivity contribution is 6.08. The van der Waals surface area contributed by atoms with Crippen molar-refractivity contribution in [2.45, 2.75) is 26.2 Å². The van der Waals surface area contributed by atoms with Crippen LogP contribution in [0.2, 0.25) is 0 Å². The third kappa shape index (κ3) is 5.71. The first-order valence-electron chi connectivity index (χ1n) is 11.7. The number of anilines is 2. The average molecular weight is 446 g/mol. The number of ether oxygens (including phenoxy) is 1. The van der Waals surface area contributed by atoms with E-state index in [1.54, 1.807) is 6.07 Å². The summed E-state index contributed by atoms with van der Waals surface area (Å²) in [6, 6.07) is 19.2. The minimum atomic E-state index is -0.197. The molecule has 4 rings (SSSR count). The molecule has 6 nitrogen and oxygen atoms in total. The van der Waals surface area contributed by atoms with E-state index in [1.807, 2.05) is 61.5 Å². The van der Waals surface area contributed by atoms with E-state index in [-0.39, 0.29) is 11.8 Å². The summed E-state index contributed by atoms with van der Waals surface area (Å²) in [5.41, 5.74) is 2.69. The van der Waals surface area contributed by atoms with E-state index in [2.05, 4.69) is 15.5 Å². The first kappa shape index (κ1) is 22.8. The molecule has 1 saturated heterocycles. The minimum absolute atomic E-state index is 0.129. The molecule has 0 spiro atoms. The Bertz CT molecular complexity index is 1120. The van der Waals surface area contributed by atoms with Crippen LogP contribution in [-0.2, 0) is 4.74 Å². The van der Waals surface area contributed by atoms with E-state index in [9.17, 15) is 9.59 Å². The monoisotopic (exact) mass is 445 g/mol. The third-order valence-corrected chi connectivity index (χ3v) is 5.91. The van der Waals surface area contributed by atoms with Crippen molar-refractivity contribution in [2.24, 2.45) is 0 Å². The van der Waals surface area contributed by atoms with Crippen molar-refractivity contribution in [3.8, 4) is 0 Å². The van der Waals surface area contributed by atoms with Gasteiger partial charge in [-0.25, -0.2) is 0 Å². The van der Waals surface area contributed by atoms with Gasteiger partial charge in [-0.05, 0) is 67.3 Å². The van der Waals surface area contributed by atoms with Crippen molar-refractivity contribution < 1.29 is 14.3 Å². The Morgan fingerprint density at radius 1 is 0.939 bits per heavy atom. The molecule has 6 heteroatoms. The minimum Gasteiger partial charge on any atom is -0.382 e. The number of hydrogen-bond donors (Lipinski definition) is 2. The number of benzene rings is 3. The van der Waals surface area contributed by atoms with Gasteiger partial charge in [-0.3, -0.25) is 9.59 Å². The van der Waals surface area contributed by atoms with Crippen molar-refractivity contribution >= 4 is 34.0 Å². The smallest absolute Gasteiger partial charge is 0.255 e. The lowest BCUT2D eigenvalue weighted by Crippen LogP contribution is -2.29. The zero-order valence-corrected chi connectivity index (χ0v) is 19.1. The molecule has 1 fully saturated rings. The summed E-state index contributed by atoms with van der Waals surface area (Å²) in [7, 11) is 0. The van der Waals surface area contributed by atoms with Gasteiger partial charge in [0.25, 0.3) is 11.8 Å². The summed E-state index contributed by atoms with van der Waals surface area (Å²) in [6.45, 7) is 5.68. The van der Waals surface area contributed by atoms with Crippen LogP contribution in [0.1, 0.15) is 46.9 Å². The second-order valence-corrected chi connectivity index (χ2v) is 8.25. The molecule has 2 amide bonds. The summed E-state index contributed by atoms with van der Waals surface area (Å²) in [4.78, 5) is 28.2. The fourth-order valence-corrected chi connectivity index (χ4v) is 4.18. The molecule has 0 unspecified atom stereocenters. The van der Waals surface area contributed by atoms with Gasteiger partial charge in [0.15, 0.2) is 0 Å². The number of fused-ring (bicyclic) bond motifs is 1. The number of amides is 2. The van der Waals surface area contributed by atoms with Crippen molar-refractivity contribution in [2.75, 3.05) is 43.1 Å². The molecule has 1 aliphatic rings. The highest BCUT2D eigenvalue weighted by Gasteiger charge is 2.20. The molecule has 0 aromatic heterocycles. The van der Waals surface area contributed by atoms with E-state index < -0.39 is 0 Å². The summed E-state index contributed by atoms with van der Waals surface area (Å²) < 4.78 is 5.35. The van der Waals surface area contributed by atoms with E-state index in [0.717, 1.165) is 48.8 Å². The molecule has 3 aromatic carbocycles. The molecular formula is C27H31N3O3. The fraction of sp³-hybridized carbons (Fsp3) is 0.333. The first-order chi connectivity index (χ1) is 16.2. The van der Waals surface area contributed by atoms with Crippen molar-refractivity contribution in [1.82, 2.24) is 5.32 Å². The maximum Gasteiger partial charge on any atom is 0.255 e. The molecule has 1 heterocycles. The second kappa shape index (κ2) is 11.0. The van der Waals surface area contributed by atoms with E-state index in [1.165, 1.54) is 0 Å². The number of nitrogens with zero attached hydrogens (tertiary/aromatic N) is 1. The lowest BCUT2D eigenvalue weighted by atomic mass is 10.1. The maximum absolute atomic E-state index is 13.0. The number of rotatable bonds is 9. The van der Waals surface area contributed by atoms with Crippen LogP contribution in [0.3, 0.4) is 0 Å². The fourth-order valence-electron chi connectivity index (χ4n) is 4.18. The highest BCUT2D eigenvalue weighted by atomic mass is 16.5. The molecule has 1 aliphatic heterocycles. The standard InChI is InChI=1S/C27H31N3O3/c1-2-33-17-7-14-28-27(32)24-19-23(12-13-25(24)30-15-5-6-16-30)29-26(31)22-11-10-20-8-3-4-9-21(20)18-22/h3-4,8-13,18-19H,2,5-7,14-17H2,1H3,(H,28,32)(H,29,31). The van der Waals surface area contributed by atoms with Crippen LogP contribution in [0.5, 0.6) is 0 Å². The van der Waals surface area contributed by atoms with Gasteiger partial charge in [-0.1, -0.05) is 30.3 Å². The highest BCUT2D eigenvalue weighted by Crippen LogP contribution is 2.28. The van der Waals surface area contributed by atoms with Crippen LogP contribution >= 0.6 is 0 Å². The zero-order chi connectivity index (χ0) is 23.0. The van der Waals surface area contributed by atoms with Gasteiger partial charge in [0.05, 0.1) is 5.56 Å². The van der Waals surface area contributed by atoms with Gasteiger partial charge >= 0.3 is 0 Å². The van der Waals surface area contributed by atoms with Crippen LogP contribution in [0, 0.1) is 0 Å². The molecule has 0 saturated carbocycles. The third-order valence-electron chi connectivity index (χ3n) is 5.91.